The number of alkyl halides is 3. The van der Waals surface area contributed by atoms with Gasteiger partial charge in [-0.15, -0.1) is 0 Å². The molecule has 0 spiro atoms. The average Bonchev–Trinajstić information content (AvgIpc) is 2.42. The molecular formula is C5H7F3O. The van der Waals surface area contributed by atoms with Crippen molar-refractivity contribution >= 4 is 0 Å². The van der Waals surface area contributed by atoms with Gasteiger partial charge in [0.15, 0.2) is 0 Å². The second kappa shape index (κ2) is 1.87. The number of hydrogen-bond donors (Lipinski definition) is 1. The highest BCUT2D eigenvalue weighted by atomic mass is 19.3. The Balaban J connectivity index is 2.48. The third-order valence-corrected chi connectivity index (χ3v) is 1.46. The number of hydrogen-bond acceptors (Lipinski definition) is 1. The van der Waals surface area contributed by atoms with Crippen LogP contribution in [0.1, 0.15) is 12.8 Å². The Morgan fingerprint density at radius 2 is 1.89 bits per heavy atom. The average molecular weight is 140 g/mol. The molecule has 9 heavy (non-hydrogen) atoms. The monoisotopic (exact) mass is 140 g/mol. The van der Waals surface area contributed by atoms with Crippen molar-refractivity contribution in [2.75, 3.05) is 0 Å². The fourth-order valence-corrected chi connectivity index (χ4v) is 0.666. The molecule has 0 amide bonds. The summed E-state index contributed by atoms with van der Waals surface area (Å²) in [6.45, 7) is 0. The molecule has 1 atom stereocenters. The summed E-state index contributed by atoms with van der Waals surface area (Å²) in [5.74, 6) is -4.04. The minimum absolute atomic E-state index is 0.372. The van der Waals surface area contributed by atoms with Gasteiger partial charge in [0, 0.05) is 5.92 Å². The van der Waals surface area contributed by atoms with Crippen molar-refractivity contribution in [3.8, 4) is 0 Å². The van der Waals surface area contributed by atoms with Crippen LogP contribution in [0.15, 0.2) is 0 Å². The van der Waals surface area contributed by atoms with Gasteiger partial charge in [-0.25, -0.2) is 13.2 Å². The molecular weight excluding hydrogens is 133 g/mol. The fourth-order valence-electron chi connectivity index (χ4n) is 0.666. The van der Waals surface area contributed by atoms with Gasteiger partial charge in [0.05, 0.1) is 0 Å². The SMILES string of the molecule is OC(F)(C(F)F)C1CC1. The Morgan fingerprint density at radius 3 is 2.00 bits per heavy atom. The van der Waals surface area contributed by atoms with Crippen LogP contribution in [0, 0.1) is 5.92 Å². The smallest absolute Gasteiger partial charge is 0.296 e. The van der Waals surface area contributed by atoms with Crippen LogP contribution in [0.2, 0.25) is 0 Å². The molecule has 0 heterocycles. The van der Waals surface area contributed by atoms with E-state index in [0.717, 1.165) is 0 Å². The summed E-state index contributed by atoms with van der Waals surface area (Å²) in [5.41, 5.74) is 0. The zero-order chi connectivity index (χ0) is 7.07. The van der Waals surface area contributed by atoms with Crippen molar-refractivity contribution < 1.29 is 18.3 Å². The molecule has 54 valence electrons. The Labute approximate surface area is 50.5 Å². The van der Waals surface area contributed by atoms with E-state index in [1.54, 1.807) is 0 Å². The lowest BCUT2D eigenvalue weighted by Crippen LogP contribution is -2.33. The summed E-state index contributed by atoms with van der Waals surface area (Å²) < 4.78 is 35.2. The van der Waals surface area contributed by atoms with E-state index in [2.05, 4.69) is 0 Å². The quantitative estimate of drug-likeness (QED) is 0.613. The van der Waals surface area contributed by atoms with Crippen LogP contribution in [-0.4, -0.2) is 17.4 Å². The first-order chi connectivity index (χ1) is 4.05. The van der Waals surface area contributed by atoms with Crippen LogP contribution in [-0.2, 0) is 0 Å². The van der Waals surface area contributed by atoms with E-state index in [9.17, 15) is 13.2 Å². The first-order valence-corrected chi connectivity index (χ1v) is 2.74. The minimum Gasteiger partial charge on any atom is -0.357 e. The summed E-state index contributed by atoms with van der Waals surface area (Å²) in [4.78, 5) is 0. The zero-order valence-corrected chi connectivity index (χ0v) is 4.65. The Morgan fingerprint density at radius 1 is 1.44 bits per heavy atom. The first-order valence-electron chi connectivity index (χ1n) is 2.74. The minimum atomic E-state index is -3.26. The van der Waals surface area contributed by atoms with E-state index in [-0.39, 0.29) is 0 Å². The molecule has 0 aliphatic heterocycles. The van der Waals surface area contributed by atoms with E-state index >= 15 is 0 Å². The first kappa shape index (κ1) is 6.86. The predicted molar refractivity (Wildman–Crippen MR) is 24.8 cm³/mol. The highest BCUT2D eigenvalue weighted by Crippen LogP contribution is 2.43. The molecule has 1 fully saturated rings. The molecule has 0 aromatic rings. The molecule has 0 radical (unpaired) electrons. The molecule has 1 saturated carbocycles. The maximum atomic E-state index is 12.2. The van der Waals surface area contributed by atoms with Crippen molar-refractivity contribution in [2.45, 2.75) is 25.1 Å². The summed E-state index contributed by atoms with van der Waals surface area (Å²) in [5, 5.41) is 8.31. The zero-order valence-electron chi connectivity index (χ0n) is 4.65. The Kier molecular flexibility index (Phi) is 1.42. The molecule has 1 unspecified atom stereocenters. The standard InChI is InChI=1S/C5H7F3O/c6-4(7)5(8,9)3-1-2-3/h3-4,9H,1-2H2. The predicted octanol–water partition coefficient (Wildman–Crippen LogP) is 1.32. The van der Waals surface area contributed by atoms with Crippen molar-refractivity contribution in [3.05, 3.63) is 0 Å². The van der Waals surface area contributed by atoms with Crippen LogP contribution < -0.4 is 0 Å². The molecule has 1 rings (SSSR count). The van der Waals surface area contributed by atoms with Crippen molar-refractivity contribution in [3.63, 3.8) is 0 Å². The summed E-state index contributed by atoms with van der Waals surface area (Å²) in [6.07, 6.45) is -2.51. The second-order valence-corrected chi connectivity index (χ2v) is 2.30. The van der Waals surface area contributed by atoms with Crippen molar-refractivity contribution in [2.24, 2.45) is 5.92 Å². The van der Waals surface area contributed by atoms with Gasteiger partial charge in [-0.1, -0.05) is 0 Å². The number of rotatable bonds is 2. The Bertz CT molecular complexity index is 105. The highest BCUT2D eigenvalue weighted by Gasteiger charge is 2.51. The van der Waals surface area contributed by atoms with Gasteiger partial charge in [0.25, 0.3) is 12.3 Å². The van der Waals surface area contributed by atoms with Gasteiger partial charge in [-0.2, -0.15) is 0 Å². The summed E-state index contributed by atoms with van der Waals surface area (Å²) >= 11 is 0. The molecule has 0 bridgehead atoms. The van der Waals surface area contributed by atoms with Gasteiger partial charge < -0.3 is 5.11 Å². The number of halogens is 3. The number of aliphatic hydroxyl groups is 1. The summed E-state index contributed by atoms with van der Waals surface area (Å²) in [7, 11) is 0. The molecule has 0 saturated heterocycles. The third-order valence-electron chi connectivity index (χ3n) is 1.46. The van der Waals surface area contributed by atoms with Gasteiger partial charge >= 0.3 is 0 Å². The van der Waals surface area contributed by atoms with Crippen molar-refractivity contribution in [1.29, 1.82) is 0 Å². The van der Waals surface area contributed by atoms with Crippen LogP contribution >= 0.6 is 0 Å². The van der Waals surface area contributed by atoms with Crippen LogP contribution in [0.4, 0.5) is 13.2 Å². The Hall–Kier alpha value is -0.250. The molecule has 1 aliphatic rings. The maximum Gasteiger partial charge on any atom is 0.296 e. The van der Waals surface area contributed by atoms with Gasteiger partial charge in [0.2, 0.25) is 0 Å². The van der Waals surface area contributed by atoms with E-state index < -0.39 is 18.2 Å². The fraction of sp³-hybridized carbons (Fsp3) is 1.00. The van der Waals surface area contributed by atoms with Gasteiger partial charge in [-0.05, 0) is 12.8 Å². The lowest BCUT2D eigenvalue weighted by molar-refractivity contribution is -0.199. The highest BCUT2D eigenvalue weighted by molar-refractivity contribution is 4.88. The van der Waals surface area contributed by atoms with Crippen LogP contribution in [0.3, 0.4) is 0 Å². The van der Waals surface area contributed by atoms with E-state index in [4.69, 9.17) is 5.11 Å². The molecule has 4 heteroatoms. The molecule has 0 aromatic heterocycles. The summed E-state index contributed by atoms with van der Waals surface area (Å²) in [6, 6.07) is 0. The molecule has 1 aliphatic carbocycles. The second-order valence-electron chi connectivity index (χ2n) is 2.30. The normalized spacial score (nSPS) is 26.3. The van der Waals surface area contributed by atoms with Crippen LogP contribution in [0.25, 0.3) is 0 Å². The lowest BCUT2D eigenvalue weighted by atomic mass is 10.2. The van der Waals surface area contributed by atoms with E-state index in [1.165, 1.54) is 0 Å². The van der Waals surface area contributed by atoms with E-state index in [0.29, 0.717) is 12.8 Å². The molecule has 1 nitrogen and oxygen atoms in total. The lowest BCUT2D eigenvalue weighted by Gasteiger charge is -2.15. The van der Waals surface area contributed by atoms with E-state index in [1.807, 2.05) is 0 Å². The van der Waals surface area contributed by atoms with Crippen LogP contribution in [0.5, 0.6) is 0 Å². The molecule has 1 N–H and O–H groups in total. The largest absolute Gasteiger partial charge is 0.357 e. The maximum absolute atomic E-state index is 12.2. The van der Waals surface area contributed by atoms with Gasteiger partial charge in [-0.3, -0.25) is 0 Å². The third kappa shape index (κ3) is 1.18. The topological polar surface area (TPSA) is 20.2 Å². The van der Waals surface area contributed by atoms with Crippen molar-refractivity contribution in [1.82, 2.24) is 0 Å². The molecule has 0 aromatic carbocycles. The van der Waals surface area contributed by atoms with Gasteiger partial charge in [0.1, 0.15) is 0 Å².